The molecule has 2 fully saturated rings. The maximum absolute atomic E-state index is 12.5. The molecule has 1 aliphatic heterocycles. The van der Waals surface area contributed by atoms with Crippen molar-refractivity contribution in [3.05, 3.63) is 0 Å². The van der Waals surface area contributed by atoms with Crippen molar-refractivity contribution in [1.82, 2.24) is 10.2 Å². The average Bonchev–Trinajstić information content (AvgIpc) is 3.13. The number of nitrogens with one attached hydrogen (secondary N) is 1. The fourth-order valence-corrected chi connectivity index (χ4v) is 2.95. The second-order valence-corrected chi connectivity index (χ2v) is 7.64. The lowest BCUT2D eigenvalue weighted by Gasteiger charge is -2.30. The zero-order valence-electron chi connectivity index (χ0n) is 13.9. The Kier molecular flexibility index (Phi) is 5.20. The second-order valence-electron chi connectivity index (χ2n) is 7.64. The summed E-state index contributed by atoms with van der Waals surface area (Å²) in [5.41, 5.74) is -0.294. The molecule has 1 saturated carbocycles. The van der Waals surface area contributed by atoms with Gasteiger partial charge in [0.25, 0.3) is 0 Å². The Morgan fingerprint density at radius 1 is 1.24 bits per heavy atom. The third-order valence-electron chi connectivity index (χ3n) is 5.16. The van der Waals surface area contributed by atoms with Crippen LogP contribution in [0.1, 0.15) is 47.0 Å². The van der Waals surface area contributed by atoms with E-state index in [2.05, 4.69) is 24.1 Å². The van der Waals surface area contributed by atoms with Gasteiger partial charge < -0.3 is 5.32 Å². The number of rotatable bonds is 8. The molecule has 1 unspecified atom stereocenters. The lowest BCUT2D eigenvalue weighted by Crippen LogP contribution is -2.41. The van der Waals surface area contributed by atoms with Gasteiger partial charge in [-0.05, 0) is 31.7 Å². The predicted molar refractivity (Wildman–Crippen MR) is 84.2 cm³/mol. The van der Waals surface area contributed by atoms with Crippen molar-refractivity contribution in [2.45, 2.75) is 53.0 Å². The lowest BCUT2D eigenvalue weighted by atomic mass is 9.75. The Hall–Kier alpha value is -0.740. The molecule has 2 rings (SSSR count). The number of ketones is 2. The van der Waals surface area contributed by atoms with E-state index in [4.69, 9.17) is 0 Å². The number of carbonyl (C=O) groups excluding carboxylic acids is 2. The van der Waals surface area contributed by atoms with Gasteiger partial charge in [-0.1, -0.05) is 27.7 Å². The van der Waals surface area contributed by atoms with Crippen LogP contribution in [0.3, 0.4) is 0 Å². The first-order chi connectivity index (χ1) is 9.80. The van der Waals surface area contributed by atoms with Gasteiger partial charge in [0.2, 0.25) is 0 Å². The minimum atomic E-state index is -0.294. The van der Waals surface area contributed by atoms with Crippen LogP contribution >= 0.6 is 0 Å². The van der Waals surface area contributed by atoms with Gasteiger partial charge in [-0.3, -0.25) is 14.5 Å². The molecule has 0 bridgehead atoms. The first-order valence-corrected chi connectivity index (χ1v) is 8.32. The molecular weight excluding hydrogens is 264 g/mol. The molecule has 4 heteroatoms. The summed E-state index contributed by atoms with van der Waals surface area (Å²) >= 11 is 0. The molecule has 0 aromatic carbocycles. The lowest BCUT2D eigenvalue weighted by molar-refractivity contribution is -0.128. The van der Waals surface area contributed by atoms with Crippen molar-refractivity contribution >= 4 is 11.6 Å². The molecular formula is C17H30N2O2. The molecule has 1 heterocycles. The van der Waals surface area contributed by atoms with E-state index in [-0.39, 0.29) is 11.3 Å². The molecule has 21 heavy (non-hydrogen) atoms. The van der Waals surface area contributed by atoms with Crippen LogP contribution in [0.2, 0.25) is 0 Å². The number of carbonyl (C=O) groups is 2. The molecule has 0 aromatic heterocycles. The molecule has 4 nitrogen and oxygen atoms in total. The van der Waals surface area contributed by atoms with E-state index in [0.717, 1.165) is 19.5 Å². The maximum atomic E-state index is 12.5. The summed E-state index contributed by atoms with van der Waals surface area (Å²) in [5.74, 6) is 1.08. The van der Waals surface area contributed by atoms with Crippen molar-refractivity contribution in [1.29, 1.82) is 0 Å². The maximum Gasteiger partial charge on any atom is 0.152 e. The minimum absolute atomic E-state index is 0.0985. The summed E-state index contributed by atoms with van der Waals surface area (Å²) in [6.07, 6.45) is 3.44. The molecule has 0 aromatic rings. The Balaban J connectivity index is 1.83. The topological polar surface area (TPSA) is 49.4 Å². The normalized spacial score (nSPS) is 23.8. The predicted octanol–water partition coefficient (Wildman–Crippen LogP) is 1.88. The van der Waals surface area contributed by atoms with Crippen molar-refractivity contribution in [2.75, 3.05) is 26.2 Å². The average molecular weight is 294 g/mol. The van der Waals surface area contributed by atoms with Gasteiger partial charge in [0, 0.05) is 23.9 Å². The van der Waals surface area contributed by atoms with E-state index in [9.17, 15) is 9.59 Å². The first-order valence-electron chi connectivity index (χ1n) is 8.32. The van der Waals surface area contributed by atoms with Crippen molar-refractivity contribution < 1.29 is 9.59 Å². The van der Waals surface area contributed by atoms with Gasteiger partial charge >= 0.3 is 0 Å². The van der Waals surface area contributed by atoms with Gasteiger partial charge in [-0.25, -0.2) is 0 Å². The zero-order chi connectivity index (χ0) is 15.6. The SMILES string of the molecule is CC(C)C(=O)CN1CCC(C(C)(C)C(=O)CNC2CC2)C1. The van der Waals surface area contributed by atoms with Crippen LogP contribution in [-0.4, -0.2) is 48.7 Å². The smallest absolute Gasteiger partial charge is 0.152 e. The number of hydrogen-bond donors (Lipinski definition) is 1. The van der Waals surface area contributed by atoms with Gasteiger partial charge in [0.15, 0.2) is 5.78 Å². The summed E-state index contributed by atoms with van der Waals surface area (Å²) in [7, 11) is 0. The monoisotopic (exact) mass is 294 g/mol. The minimum Gasteiger partial charge on any atom is -0.307 e. The van der Waals surface area contributed by atoms with E-state index < -0.39 is 0 Å². The van der Waals surface area contributed by atoms with Crippen LogP contribution in [-0.2, 0) is 9.59 Å². The van der Waals surface area contributed by atoms with Crippen LogP contribution in [0.15, 0.2) is 0 Å². The highest BCUT2D eigenvalue weighted by Crippen LogP contribution is 2.35. The Morgan fingerprint density at radius 2 is 1.90 bits per heavy atom. The van der Waals surface area contributed by atoms with E-state index in [1.54, 1.807) is 0 Å². The standard InChI is InChI=1S/C17H30N2O2/c1-12(2)15(20)11-19-8-7-13(10-19)17(3,4)16(21)9-18-14-5-6-14/h12-14,18H,5-11H2,1-4H3. The number of Topliss-reactive ketones (excluding diaryl/α,β-unsaturated/α-hetero) is 2. The molecule has 0 spiro atoms. The van der Waals surface area contributed by atoms with Crippen LogP contribution < -0.4 is 5.32 Å². The summed E-state index contributed by atoms with van der Waals surface area (Å²) < 4.78 is 0. The molecule has 120 valence electrons. The fourth-order valence-electron chi connectivity index (χ4n) is 2.95. The van der Waals surface area contributed by atoms with Gasteiger partial charge in [-0.2, -0.15) is 0 Å². The van der Waals surface area contributed by atoms with Crippen molar-refractivity contribution in [2.24, 2.45) is 17.3 Å². The summed E-state index contributed by atoms with van der Waals surface area (Å²) in [6.45, 7) is 10.9. The van der Waals surface area contributed by atoms with Gasteiger partial charge in [0.1, 0.15) is 5.78 Å². The summed E-state index contributed by atoms with van der Waals surface area (Å²) in [4.78, 5) is 26.5. The largest absolute Gasteiger partial charge is 0.307 e. The van der Waals surface area contributed by atoms with E-state index in [1.807, 2.05) is 13.8 Å². The van der Waals surface area contributed by atoms with Crippen LogP contribution in [0.5, 0.6) is 0 Å². The van der Waals surface area contributed by atoms with E-state index >= 15 is 0 Å². The number of hydrogen-bond acceptors (Lipinski definition) is 4. The van der Waals surface area contributed by atoms with Gasteiger partial charge in [-0.15, -0.1) is 0 Å². The zero-order valence-corrected chi connectivity index (χ0v) is 13.9. The van der Waals surface area contributed by atoms with Crippen molar-refractivity contribution in [3.63, 3.8) is 0 Å². The third kappa shape index (κ3) is 4.36. The second kappa shape index (κ2) is 6.57. The highest BCUT2D eigenvalue weighted by Gasteiger charge is 2.40. The Morgan fingerprint density at radius 3 is 2.48 bits per heavy atom. The van der Waals surface area contributed by atoms with E-state index in [0.29, 0.717) is 36.6 Å². The van der Waals surface area contributed by atoms with Crippen LogP contribution in [0, 0.1) is 17.3 Å². The quantitative estimate of drug-likeness (QED) is 0.742. The van der Waals surface area contributed by atoms with E-state index in [1.165, 1.54) is 12.8 Å². The molecule has 1 aliphatic carbocycles. The first kappa shape index (κ1) is 16.6. The molecule has 0 radical (unpaired) electrons. The number of nitrogens with zero attached hydrogens (tertiary/aromatic N) is 1. The highest BCUT2D eigenvalue weighted by atomic mass is 16.1. The fraction of sp³-hybridized carbons (Fsp3) is 0.882. The van der Waals surface area contributed by atoms with Crippen LogP contribution in [0.4, 0.5) is 0 Å². The van der Waals surface area contributed by atoms with Crippen LogP contribution in [0.25, 0.3) is 0 Å². The molecule has 1 N–H and O–H groups in total. The van der Waals surface area contributed by atoms with Crippen molar-refractivity contribution in [3.8, 4) is 0 Å². The number of likely N-dealkylation sites (tertiary alicyclic amines) is 1. The summed E-state index contributed by atoms with van der Waals surface area (Å²) in [5, 5.41) is 3.33. The molecule has 1 saturated heterocycles. The highest BCUT2D eigenvalue weighted by molar-refractivity contribution is 5.86. The third-order valence-corrected chi connectivity index (χ3v) is 5.16. The molecule has 1 atom stereocenters. The Bertz CT molecular complexity index is 400. The molecule has 2 aliphatic rings. The summed E-state index contributed by atoms with van der Waals surface area (Å²) in [6, 6.07) is 0.577. The Labute approximate surface area is 128 Å². The van der Waals surface area contributed by atoms with Gasteiger partial charge in [0.05, 0.1) is 13.1 Å². The molecule has 0 amide bonds.